The van der Waals surface area contributed by atoms with Gasteiger partial charge in [-0.3, -0.25) is 0 Å². The Labute approximate surface area is 97.1 Å². The molecule has 1 heterocycles. The third-order valence-electron chi connectivity index (χ3n) is 3.51. The van der Waals surface area contributed by atoms with Crippen molar-refractivity contribution in [3.63, 3.8) is 0 Å². The number of aromatic nitrogens is 2. The van der Waals surface area contributed by atoms with E-state index in [1.54, 1.807) is 0 Å². The second kappa shape index (κ2) is 4.69. The minimum Gasteiger partial charge on any atom is -0.328 e. The summed E-state index contributed by atoms with van der Waals surface area (Å²) in [7, 11) is 0. The predicted octanol–water partition coefficient (Wildman–Crippen LogP) is 2.94. The number of rotatable bonds is 3. The van der Waals surface area contributed by atoms with E-state index in [2.05, 4.69) is 29.5 Å². The number of hydrogen-bond acceptors (Lipinski definition) is 2. The first-order valence-corrected chi connectivity index (χ1v) is 6.21. The van der Waals surface area contributed by atoms with Crippen molar-refractivity contribution in [2.45, 2.75) is 58.4 Å². The Morgan fingerprint density at radius 1 is 1.44 bits per heavy atom. The van der Waals surface area contributed by atoms with E-state index in [1.807, 2.05) is 0 Å². The average Bonchev–Trinajstić information content (AvgIpc) is 2.62. The SMILES string of the molecule is CCC(CC#N)n1c(C)nc2c1CCCC2. The molecule has 1 atom stereocenters. The van der Waals surface area contributed by atoms with E-state index in [4.69, 9.17) is 5.26 Å². The van der Waals surface area contributed by atoms with Crippen molar-refractivity contribution in [1.29, 1.82) is 5.26 Å². The van der Waals surface area contributed by atoms with E-state index in [9.17, 15) is 0 Å². The zero-order valence-corrected chi connectivity index (χ0v) is 10.2. The fraction of sp³-hybridized carbons (Fsp3) is 0.692. The molecule has 0 saturated carbocycles. The zero-order chi connectivity index (χ0) is 11.5. The monoisotopic (exact) mass is 217 g/mol. The molecule has 0 aliphatic heterocycles. The molecule has 86 valence electrons. The Kier molecular flexibility index (Phi) is 3.28. The molecule has 0 spiro atoms. The lowest BCUT2D eigenvalue weighted by Gasteiger charge is -2.21. The molecule has 0 amide bonds. The third kappa shape index (κ3) is 1.84. The van der Waals surface area contributed by atoms with Gasteiger partial charge in [-0.15, -0.1) is 0 Å². The summed E-state index contributed by atoms with van der Waals surface area (Å²) in [6.07, 6.45) is 6.39. The van der Waals surface area contributed by atoms with Gasteiger partial charge in [0.1, 0.15) is 5.82 Å². The van der Waals surface area contributed by atoms with Crippen molar-refractivity contribution < 1.29 is 0 Å². The fourth-order valence-electron chi connectivity index (χ4n) is 2.71. The van der Waals surface area contributed by atoms with E-state index >= 15 is 0 Å². The summed E-state index contributed by atoms with van der Waals surface area (Å²) >= 11 is 0. The largest absolute Gasteiger partial charge is 0.328 e. The summed E-state index contributed by atoms with van der Waals surface area (Å²) in [6, 6.07) is 2.61. The standard InChI is InChI=1S/C13H19N3/c1-3-11(8-9-14)16-10(2)15-12-6-4-5-7-13(12)16/h11H,3-8H2,1-2H3. The number of nitriles is 1. The van der Waals surface area contributed by atoms with Gasteiger partial charge in [0.05, 0.1) is 18.2 Å². The Bertz CT molecular complexity index is 412. The minimum atomic E-state index is 0.319. The van der Waals surface area contributed by atoms with Crippen LogP contribution in [0, 0.1) is 18.3 Å². The molecule has 0 saturated heterocycles. The van der Waals surface area contributed by atoms with Gasteiger partial charge in [0, 0.05) is 11.7 Å². The topological polar surface area (TPSA) is 41.6 Å². The minimum absolute atomic E-state index is 0.319. The normalized spacial score (nSPS) is 16.6. The first kappa shape index (κ1) is 11.2. The van der Waals surface area contributed by atoms with Crippen LogP contribution in [0.3, 0.4) is 0 Å². The van der Waals surface area contributed by atoms with Crippen LogP contribution in [0.15, 0.2) is 0 Å². The quantitative estimate of drug-likeness (QED) is 0.781. The van der Waals surface area contributed by atoms with Gasteiger partial charge in [0.2, 0.25) is 0 Å². The fourth-order valence-corrected chi connectivity index (χ4v) is 2.71. The predicted molar refractivity (Wildman–Crippen MR) is 63.2 cm³/mol. The van der Waals surface area contributed by atoms with Gasteiger partial charge in [0.25, 0.3) is 0 Å². The highest BCUT2D eigenvalue weighted by Crippen LogP contribution is 2.27. The van der Waals surface area contributed by atoms with Gasteiger partial charge in [-0.05, 0) is 39.0 Å². The van der Waals surface area contributed by atoms with Crippen LogP contribution in [-0.2, 0) is 12.8 Å². The third-order valence-corrected chi connectivity index (χ3v) is 3.51. The van der Waals surface area contributed by atoms with Crippen LogP contribution in [0.4, 0.5) is 0 Å². The number of fused-ring (bicyclic) bond motifs is 1. The lowest BCUT2D eigenvalue weighted by molar-refractivity contribution is 0.461. The molecule has 16 heavy (non-hydrogen) atoms. The summed E-state index contributed by atoms with van der Waals surface area (Å²) in [5.41, 5.74) is 2.67. The lowest BCUT2D eigenvalue weighted by atomic mass is 10.00. The summed E-state index contributed by atoms with van der Waals surface area (Å²) in [6.45, 7) is 4.22. The molecular weight excluding hydrogens is 198 g/mol. The van der Waals surface area contributed by atoms with Crippen molar-refractivity contribution >= 4 is 0 Å². The van der Waals surface area contributed by atoms with E-state index in [0.717, 1.165) is 25.1 Å². The molecule has 0 fully saturated rings. The van der Waals surface area contributed by atoms with Crippen LogP contribution >= 0.6 is 0 Å². The molecule has 3 heteroatoms. The van der Waals surface area contributed by atoms with Crippen molar-refractivity contribution in [3.05, 3.63) is 17.2 Å². The molecule has 0 aromatic carbocycles. The lowest BCUT2D eigenvalue weighted by Crippen LogP contribution is -2.15. The smallest absolute Gasteiger partial charge is 0.106 e. The van der Waals surface area contributed by atoms with Crippen molar-refractivity contribution in [2.75, 3.05) is 0 Å². The van der Waals surface area contributed by atoms with Crippen LogP contribution < -0.4 is 0 Å². The van der Waals surface area contributed by atoms with Crippen LogP contribution in [0.25, 0.3) is 0 Å². The van der Waals surface area contributed by atoms with Crippen LogP contribution in [0.5, 0.6) is 0 Å². The summed E-state index contributed by atoms with van der Waals surface area (Å²) in [5, 5.41) is 8.88. The molecule has 3 nitrogen and oxygen atoms in total. The average molecular weight is 217 g/mol. The molecule has 0 N–H and O–H groups in total. The Morgan fingerprint density at radius 3 is 2.88 bits per heavy atom. The van der Waals surface area contributed by atoms with Gasteiger partial charge in [0.15, 0.2) is 0 Å². The van der Waals surface area contributed by atoms with E-state index < -0.39 is 0 Å². The second-order valence-electron chi connectivity index (χ2n) is 4.55. The molecule has 2 rings (SSSR count). The highest BCUT2D eigenvalue weighted by molar-refractivity contribution is 5.21. The molecule has 0 bridgehead atoms. The van der Waals surface area contributed by atoms with Crippen LogP contribution in [0.2, 0.25) is 0 Å². The number of aryl methyl sites for hydroxylation is 2. The first-order valence-electron chi connectivity index (χ1n) is 6.21. The molecule has 1 unspecified atom stereocenters. The highest BCUT2D eigenvalue weighted by Gasteiger charge is 2.22. The Balaban J connectivity index is 2.39. The van der Waals surface area contributed by atoms with Crippen LogP contribution in [0.1, 0.15) is 55.9 Å². The number of nitrogens with zero attached hydrogens (tertiary/aromatic N) is 3. The Hall–Kier alpha value is -1.30. The maximum Gasteiger partial charge on any atom is 0.106 e. The second-order valence-corrected chi connectivity index (χ2v) is 4.55. The van der Waals surface area contributed by atoms with Crippen molar-refractivity contribution in [1.82, 2.24) is 9.55 Å². The molecule has 1 aliphatic rings. The van der Waals surface area contributed by atoms with Gasteiger partial charge < -0.3 is 4.57 Å². The molecule has 1 aromatic heterocycles. The maximum atomic E-state index is 8.88. The summed E-state index contributed by atoms with van der Waals surface area (Å²) < 4.78 is 2.32. The number of hydrogen-bond donors (Lipinski definition) is 0. The maximum absolute atomic E-state index is 8.88. The van der Waals surface area contributed by atoms with Gasteiger partial charge in [-0.2, -0.15) is 5.26 Å². The number of imidazole rings is 1. The molecule has 0 radical (unpaired) electrons. The van der Waals surface area contributed by atoms with Gasteiger partial charge in [-0.25, -0.2) is 4.98 Å². The van der Waals surface area contributed by atoms with Gasteiger partial charge >= 0.3 is 0 Å². The molecule has 1 aliphatic carbocycles. The molecular formula is C13H19N3. The Morgan fingerprint density at radius 2 is 2.19 bits per heavy atom. The summed E-state index contributed by atoms with van der Waals surface area (Å²) in [4.78, 5) is 4.66. The summed E-state index contributed by atoms with van der Waals surface area (Å²) in [5.74, 6) is 1.09. The van der Waals surface area contributed by atoms with Crippen molar-refractivity contribution in [3.8, 4) is 6.07 Å². The van der Waals surface area contributed by atoms with Gasteiger partial charge in [-0.1, -0.05) is 6.92 Å². The first-order chi connectivity index (χ1) is 7.77. The van der Waals surface area contributed by atoms with E-state index in [1.165, 1.54) is 24.2 Å². The van der Waals surface area contributed by atoms with Crippen LogP contribution in [-0.4, -0.2) is 9.55 Å². The zero-order valence-electron chi connectivity index (χ0n) is 10.2. The van der Waals surface area contributed by atoms with E-state index in [-0.39, 0.29) is 0 Å². The van der Waals surface area contributed by atoms with E-state index in [0.29, 0.717) is 12.5 Å². The highest BCUT2D eigenvalue weighted by atomic mass is 15.1. The molecule has 1 aromatic rings. The van der Waals surface area contributed by atoms with Crippen molar-refractivity contribution in [2.24, 2.45) is 0 Å².